The Morgan fingerprint density at radius 3 is 1.31 bits per heavy atom. The van der Waals surface area contributed by atoms with Gasteiger partial charge in [0.2, 0.25) is 11.8 Å². The lowest BCUT2D eigenvalue weighted by Gasteiger charge is -2.31. The first-order chi connectivity index (χ1) is 14.8. The topological polar surface area (TPSA) is 58.2 Å². The number of nitrogens with one attached hydrogen (secondary N) is 2. The Balaban J connectivity index is 2.45. The van der Waals surface area contributed by atoms with Crippen molar-refractivity contribution >= 4 is 11.8 Å². The highest BCUT2D eigenvalue weighted by atomic mass is 16.2. The van der Waals surface area contributed by atoms with E-state index in [2.05, 4.69) is 76.2 Å². The Morgan fingerprint density at radius 2 is 1.03 bits per heavy atom. The van der Waals surface area contributed by atoms with Crippen molar-refractivity contribution in [3.63, 3.8) is 0 Å². The molecule has 0 heterocycles. The van der Waals surface area contributed by atoms with E-state index in [9.17, 15) is 9.59 Å². The summed E-state index contributed by atoms with van der Waals surface area (Å²) in [5.41, 5.74) is 3.74. The first kappa shape index (κ1) is 27.6. The molecule has 6 nitrogen and oxygen atoms in total. The molecule has 0 unspecified atom stereocenters. The summed E-state index contributed by atoms with van der Waals surface area (Å²) in [7, 11) is 8.89. The molecule has 0 bridgehead atoms. The maximum atomic E-state index is 11.6. The number of rotatable bonds is 14. The highest BCUT2D eigenvalue weighted by Gasteiger charge is 2.18. The summed E-state index contributed by atoms with van der Waals surface area (Å²) in [6.07, 6.45) is 1.87. The van der Waals surface area contributed by atoms with Crippen LogP contribution in [0.3, 0.4) is 0 Å². The van der Waals surface area contributed by atoms with Gasteiger partial charge in [0.05, 0.1) is 41.3 Å². The second-order valence-corrected chi connectivity index (χ2v) is 10.2. The quantitative estimate of drug-likeness (QED) is 0.263. The van der Waals surface area contributed by atoms with Crippen LogP contribution in [0.15, 0.2) is 48.6 Å². The molecule has 0 atom stereocenters. The van der Waals surface area contributed by atoms with Crippen molar-refractivity contribution in [1.82, 2.24) is 10.6 Å². The number of quaternary nitrogens is 2. The SMILES string of the molecule is C=C(C)C(=O)NCCC[N+](C)(C)Cc1ccc(C[N+](C)(C)CCCNC(=O)C(=C)C)cc1. The van der Waals surface area contributed by atoms with Gasteiger partial charge in [-0.1, -0.05) is 37.4 Å². The first-order valence-corrected chi connectivity index (χ1v) is 11.4. The van der Waals surface area contributed by atoms with Crippen molar-refractivity contribution in [2.75, 3.05) is 54.4 Å². The molecule has 0 radical (unpaired) electrons. The van der Waals surface area contributed by atoms with Gasteiger partial charge in [-0.15, -0.1) is 0 Å². The lowest BCUT2D eigenvalue weighted by atomic mass is 10.1. The molecule has 2 N–H and O–H groups in total. The Morgan fingerprint density at radius 1 is 0.719 bits per heavy atom. The molecule has 0 spiro atoms. The van der Waals surface area contributed by atoms with Gasteiger partial charge in [-0.3, -0.25) is 9.59 Å². The molecule has 0 saturated carbocycles. The average molecular weight is 445 g/mol. The molecule has 178 valence electrons. The molecule has 0 aliphatic rings. The molecule has 0 aliphatic carbocycles. The molecule has 0 aliphatic heterocycles. The lowest BCUT2D eigenvalue weighted by molar-refractivity contribution is -0.904. The summed E-state index contributed by atoms with van der Waals surface area (Å²) in [5.74, 6) is -0.132. The van der Waals surface area contributed by atoms with Crippen LogP contribution in [-0.2, 0) is 22.7 Å². The van der Waals surface area contributed by atoms with Crippen LogP contribution in [0.25, 0.3) is 0 Å². The highest BCUT2D eigenvalue weighted by molar-refractivity contribution is 5.92. The van der Waals surface area contributed by atoms with Gasteiger partial charge in [0.15, 0.2) is 0 Å². The number of carbonyl (C=O) groups is 2. The summed E-state index contributed by atoms with van der Waals surface area (Å²) in [5, 5.41) is 5.80. The minimum atomic E-state index is -0.0659. The van der Waals surface area contributed by atoms with E-state index in [0.717, 1.165) is 48.0 Å². The van der Waals surface area contributed by atoms with E-state index < -0.39 is 0 Å². The third-order valence-electron chi connectivity index (χ3n) is 5.47. The van der Waals surface area contributed by atoms with Crippen LogP contribution >= 0.6 is 0 Å². The summed E-state index contributed by atoms with van der Waals surface area (Å²) < 4.78 is 1.75. The molecule has 1 aromatic rings. The van der Waals surface area contributed by atoms with Gasteiger partial charge in [0, 0.05) is 48.2 Å². The molecular formula is C26H44N4O2+2. The van der Waals surface area contributed by atoms with Crippen molar-refractivity contribution in [3.8, 4) is 0 Å². The van der Waals surface area contributed by atoms with E-state index >= 15 is 0 Å². The predicted molar refractivity (Wildman–Crippen MR) is 133 cm³/mol. The van der Waals surface area contributed by atoms with Crippen molar-refractivity contribution in [2.24, 2.45) is 0 Å². The van der Waals surface area contributed by atoms with E-state index in [4.69, 9.17) is 0 Å². The number of benzene rings is 1. The first-order valence-electron chi connectivity index (χ1n) is 11.4. The van der Waals surface area contributed by atoms with E-state index in [1.807, 2.05) is 0 Å². The van der Waals surface area contributed by atoms with Crippen molar-refractivity contribution in [3.05, 3.63) is 59.7 Å². The summed E-state index contributed by atoms with van der Waals surface area (Å²) in [6.45, 7) is 16.0. The Labute approximate surface area is 195 Å². The van der Waals surface area contributed by atoms with Gasteiger partial charge >= 0.3 is 0 Å². The Kier molecular flexibility index (Phi) is 10.8. The number of hydrogen-bond donors (Lipinski definition) is 2. The molecule has 1 rings (SSSR count). The van der Waals surface area contributed by atoms with E-state index in [1.54, 1.807) is 13.8 Å². The number of nitrogens with zero attached hydrogens (tertiary/aromatic N) is 2. The molecule has 6 heteroatoms. The van der Waals surface area contributed by atoms with Crippen LogP contribution in [0.5, 0.6) is 0 Å². The normalized spacial score (nSPS) is 11.7. The van der Waals surface area contributed by atoms with Crippen molar-refractivity contribution in [1.29, 1.82) is 0 Å². The van der Waals surface area contributed by atoms with Crippen LogP contribution in [0, 0.1) is 0 Å². The van der Waals surface area contributed by atoms with E-state index in [1.165, 1.54) is 11.1 Å². The molecule has 0 aromatic heterocycles. The van der Waals surface area contributed by atoms with Crippen molar-refractivity contribution in [2.45, 2.75) is 39.8 Å². The summed E-state index contributed by atoms with van der Waals surface area (Å²) in [4.78, 5) is 23.2. The van der Waals surface area contributed by atoms with Gasteiger partial charge in [-0.25, -0.2) is 0 Å². The second kappa shape index (κ2) is 12.6. The zero-order valence-electron chi connectivity index (χ0n) is 21.1. The molecule has 0 fully saturated rings. The minimum Gasteiger partial charge on any atom is -0.352 e. The molecule has 1 aromatic carbocycles. The fourth-order valence-electron chi connectivity index (χ4n) is 3.62. The number of amides is 2. The van der Waals surface area contributed by atoms with Gasteiger partial charge < -0.3 is 19.6 Å². The number of hydrogen-bond acceptors (Lipinski definition) is 2. The van der Waals surface area contributed by atoms with Crippen LogP contribution in [0.2, 0.25) is 0 Å². The van der Waals surface area contributed by atoms with Gasteiger partial charge in [-0.2, -0.15) is 0 Å². The average Bonchev–Trinajstić information content (AvgIpc) is 2.69. The fraction of sp³-hybridized carbons (Fsp3) is 0.538. The summed E-state index contributed by atoms with van der Waals surface area (Å²) in [6, 6.07) is 8.91. The molecule has 0 saturated heterocycles. The largest absolute Gasteiger partial charge is 0.352 e. The monoisotopic (exact) mass is 444 g/mol. The maximum Gasteiger partial charge on any atom is 0.246 e. The minimum absolute atomic E-state index is 0.0659. The Hall–Kier alpha value is -2.44. The zero-order valence-corrected chi connectivity index (χ0v) is 21.1. The van der Waals surface area contributed by atoms with Gasteiger partial charge in [0.25, 0.3) is 0 Å². The van der Waals surface area contributed by atoms with Crippen molar-refractivity contribution < 1.29 is 18.6 Å². The summed E-state index contributed by atoms with van der Waals surface area (Å²) >= 11 is 0. The van der Waals surface area contributed by atoms with E-state index in [-0.39, 0.29) is 11.8 Å². The zero-order chi connectivity index (χ0) is 24.4. The van der Waals surface area contributed by atoms with Crippen LogP contribution in [0.4, 0.5) is 0 Å². The third kappa shape index (κ3) is 11.3. The van der Waals surface area contributed by atoms with Crippen LogP contribution in [0.1, 0.15) is 37.8 Å². The molecule has 2 amide bonds. The van der Waals surface area contributed by atoms with Crippen LogP contribution in [-0.4, -0.2) is 75.2 Å². The van der Waals surface area contributed by atoms with Gasteiger partial charge in [-0.05, 0) is 13.8 Å². The molecule has 32 heavy (non-hydrogen) atoms. The smallest absolute Gasteiger partial charge is 0.246 e. The molecular weight excluding hydrogens is 400 g/mol. The lowest BCUT2D eigenvalue weighted by Crippen LogP contribution is -2.41. The fourth-order valence-corrected chi connectivity index (χ4v) is 3.62. The van der Waals surface area contributed by atoms with E-state index in [0.29, 0.717) is 24.2 Å². The van der Waals surface area contributed by atoms with Gasteiger partial charge in [0.1, 0.15) is 13.1 Å². The standard InChI is InChI=1S/C26H42N4O2/c1-21(2)25(31)27-15-9-17-29(5,6)19-23-11-13-24(14-12-23)20-30(7,8)18-10-16-28-26(32)22(3)4/h11-14H,1,3,9-10,15-20H2,2,4-8H3/p+2. The number of carbonyl (C=O) groups excluding carboxylic acids is 2. The predicted octanol–water partition coefficient (Wildman–Crippen LogP) is 3.00. The maximum absolute atomic E-state index is 11.6. The second-order valence-electron chi connectivity index (χ2n) is 10.2. The Bertz CT molecular complexity index is 728. The van der Waals surface area contributed by atoms with Crippen LogP contribution < -0.4 is 10.6 Å². The highest BCUT2D eigenvalue weighted by Crippen LogP contribution is 2.15. The third-order valence-corrected chi connectivity index (χ3v) is 5.47.